The van der Waals surface area contributed by atoms with Crippen molar-refractivity contribution in [3.63, 3.8) is 0 Å². The first-order chi connectivity index (χ1) is 10.7. The van der Waals surface area contributed by atoms with Crippen molar-refractivity contribution in [3.8, 4) is 11.3 Å². The smallest absolute Gasteiger partial charge is 0.227 e. The predicted molar refractivity (Wildman–Crippen MR) is 86.0 cm³/mol. The Labute approximate surface area is 128 Å². The summed E-state index contributed by atoms with van der Waals surface area (Å²) < 4.78 is 1.77. The van der Waals surface area contributed by atoms with Gasteiger partial charge in [0.25, 0.3) is 0 Å². The quantitative estimate of drug-likeness (QED) is 0.769. The normalized spacial score (nSPS) is 10.5. The fraction of sp³-hybridized carbons (Fsp3) is 0.200. The van der Waals surface area contributed by atoms with E-state index in [1.165, 1.54) is 0 Å². The Morgan fingerprint density at radius 2 is 1.95 bits per heavy atom. The number of aryl methyl sites for hydroxylation is 2. The molecule has 0 saturated heterocycles. The van der Waals surface area contributed by atoms with E-state index >= 15 is 0 Å². The molecule has 0 aliphatic rings. The van der Waals surface area contributed by atoms with Crippen LogP contribution in [0.5, 0.6) is 0 Å². The molecule has 112 valence electrons. The van der Waals surface area contributed by atoms with Crippen molar-refractivity contribution in [3.05, 3.63) is 42.5 Å². The van der Waals surface area contributed by atoms with E-state index in [0.29, 0.717) is 5.95 Å². The van der Waals surface area contributed by atoms with Crippen molar-refractivity contribution < 1.29 is 0 Å². The Bertz CT molecular complexity index is 794. The Morgan fingerprint density at radius 3 is 2.73 bits per heavy atom. The Hall–Kier alpha value is -2.96. The molecule has 0 aromatic carbocycles. The third-order valence-electron chi connectivity index (χ3n) is 3.26. The molecule has 0 unspecified atom stereocenters. The number of nitrogens with one attached hydrogen (secondary N) is 2. The molecule has 0 spiro atoms. The zero-order valence-corrected chi connectivity index (χ0v) is 12.7. The van der Waals surface area contributed by atoms with E-state index in [9.17, 15) is 0 Å². The third kappa shape index (κ3) is 2.73. The van der Waals surface area contributed by atoms with Gasteiger partial charge >= 0.3 is 0 Å². The molecular formula is C15H17N7. The SMILES string of the molecule is CNc1c(-c2ccnc(Nc3ccnc(C)c3)n2)cnn1C. The lowest BCUT2D eigenvalue weighted by atomic mass is 10.2. The maximum atomic E-state index is 4.55. The van der Waals surface area contributed by atoms with Crippen LogP contribution in [-0.2, 0) is 7.05 Å². The van der Waals surface area contributed by atoms with E-state index in [2.05, 4.69) is 30.7 Å². The van der Waals surface area contributed by atoms with Gasteiger partial charge in [-0.15, -0.1) is 0 Å². The summed E-state index contributed by atoms with van der Waals surface area (Å²) in [5.41, 5.74) is 3.58. The van der Waals surface area contributed by atoms with E-state index in [4.69, 9.17) is 0 Å². The highest BCUT2D eigenvalue weighted by molar-refractivity contribution is 5.73. The molecule has 22 heavy (non-hydrogen) atoms. The van der Waals surface area contributed by atoms with Crippen LogP contribution in [0.15, 0.2) is 36.8 Å². The van der Waals surface area contributed by atoms with Crippen molar-refractivity contribution in [2.75, 3.05) is 17.7 Å². The first kappa shape index (κ1) is 14.0. The van der Waals surface area contributed by atoms with E-state index in [1.54, 1.807) is 23.3 Å². The van der Waals surface area contributed by atoms with Gasteiger partial charge in [-0.25, -0.2) is 9.97 Å². The molecule has 0 amide bonds. The molecule has 0 bridgehead atoms. The fourth-order valence-electron chi connectivity index (χ4n) is 2.24. The van der Waals surface area contributed by atoms with Gasteiger partial charge in [0.15, 0.2) is 0 Å². The van der Waals surface area contributed by atoms with Gasteiger partial charge in [-0.3, -0.25) is 9.67 Å². The van der Waals surface area contributed by atoms with Crippen LogP contribution >= 0.6 is 0 Å². The second kappa shape index (κ2) is 5.80. The molecule has 7 heteroatoms. The molecular weight excluding hydrogens is 278 g/mol. The van der Waals surface area contributed by atoms with Gasteiger partial charge in [0, 0.05) is 37.9 Å². The van der Waals surface area contributed by atoms with Gasteiger partial charge in [0.2, 0.25) is 5.95 Å². The van der Waals surface area contributed by atoms with Crippen LogP contribution in [0.1, 0.15) is 5.69 Å². The molecule has 0 atom stereocenters. The summed E-state index contributed by atoms with van der Waals surface area (Å²) in [7, 11) is 3.75. The lowest BCUT2D eigenvalue weighted by Gasteiger charge is -2.08. The summed E-state index contributed by atoms with van der Waals surface area (Å²) in [6, 6.07) is 5.69. The number of pyridine rings is 1. The van der Waals surface area contributed by atoms with Crippen LogP contribution in [0.3, 0.4) is 0 Å². The highest BCUT2D eigenvalue weighted by atomic mass is 15.3. The second-order valence-corrected chi connectivity index (χ2v) is 4.86. The lowest BCUT2D eigenvalue weighted by Crippen LogP contribution is -2.01. The minimum absolute atomic E-state index is 0.536. The Morgan fingerprint density at radius 1 is 1.14 bits per heavy atom. The van der Waals surface area contributed by atoms with Gasteiger partial charge in [0.05, 0.1) is 17.5 Å². The number of aromatic nitrogens is 5. The van der Waals surface area contributed by atoms with Crippen LogP contribution < -0.4 is 10.6 Å². The fourth-order valence-corrected chi connectivity index (χ4v) is 2.24. The molecule has 3 rings (SSSR count). The molecule has 0 radical (unpaired) electrons. The van der Waals surface area contributed by atoms with Gasteiger partial charge in [-0.1, -0.05) is 0 Å². The van der Waals surface area contributed by atoms with Crippen LogP contribution in [0.25, 0.3) is 11.3 Å². The third-order valence-corrected chi connectivity index (χ3v) is 3.26. The van der Waals surface area contributed by atoms with Crippen molar-refractivity contribution in [2.45, 2.75) is 6.92 Å². The van der Waals surface area contributed by atoms with Gasteiger partial charge < -0.3 is 10.6 Å². The van der Waals surface area contributed by atoms with Crippen molar-refractivity contribution in [2.24, 2.45) is 7.05 Å². The van der Waals surface area contributed by atoms with Gasteiger partial charge in [-0.2, -0.15) is 5.10 Å². The molecule has 3 heterocycles. The Kier molecular flexibility index (Phi) is 3.69. The largest absolute Gasteiger partial charge is 0.373 e. The average molecular weight is 295 g/mol. The van der Waals surface area contributed by atoms with E-state index in [1.807, 2.05) is 39.2 Å². The summed E-state index contributed by atoms with van der Waals surface area (Å²) in [5, 5.41) is 10.6. The summed E-state index contributed by atoms with van der Waals surface area (Å²) in [6.07, 6.45) is 5.27. The first-order valence-electron chi connectivity index (χ1n) is 6.90. The number of nitrogens with zero attached hydrogens (tertiary/aromatic N) is 5. The number of rotatable bonds is 4. The predicted octanol–water partition coefficient (Wildman–Crippen LogP) is 2.37. The molecule has 0 saturated carbocycles. The molecule has 0 aliphatic carbocycles. The van der Waals surface area contributed by atoms with Crippen LogP contribution in [0.2, 0.25) is 0 Å². The summed E-state index contributed by atoms with van der Waals surface area (Å²) in [5.74, 6) is 1.44. The zero-order chi connectivity index (χ0) is 15.5. The topological polar surface area (TPSA) is 80.6 Å². The zero-order valence-electron chi connectivity index (χ0n) is 12.7. The monoisotopic (exact) mass is 295 g/mol. The Balaban J connectivity index is 1.92. The van der Waals surface area contributed by atoms with E-state index < -0.39 is 0 Å². The lowest BCUT2D eigenvalue weighted by molar-refractivity contribution is 0.775. The number of hydrogen-bond acceptors (Lipinski definition) is 6. The number of hydrogen-bond donors (Lipinski definition) is 2. The van der Waals surface area contributed by atoms with E-state index in [0.717, 1.165) is 28.5 Å². The number of anilines is 3. The summed E-state index contributed by atoms with van der Waals surface area (Å²) in [6.45, 7) is 1.94. The van der Waals surface area contributed by atoms with Crippen LogP contribution in [0, 0.1) is 6.92 Å². The summed E-state index contributed by atoms with van der Waals surface area (Å²) >= 11 is 0. The van der Waals surface area contributed by atoms with Gasteiger partial charge in [0.1, 0.15) is 5.82 Å². The average Bonchev–Trinajstić information content (AvgIpc) is 2.88. The highest BCUT2D eigenvalue weighted by Gasteiger charge is 2.11. The minimum atomic E-state index is 0.536. The first-order valence-corrected chi connectivity index (χ1v) is 6.90. The minimum Gasteiger partial charge on any atom is -0.373 e. The van der Waals surface area contributed by atoms with E-state index in [-0.39, 0.29) is 0 Å². The molecule has 0 aliphatic heterocycles. The van der Waals surface area contributed by atoms with Crippen LogP contribution in [0.4, 0.5) is 17.5 Å². The maximum Gasteiger partial charge on any atom is 0.227 e. The van der Waals surface area contributed by atoms with Crippen molar-refractivity contribution in [1.29, 1.82) is 0 Å². The standard InChI is InChI=1S/C15H17N7/c1-10-8-11(4-6-17-10)20-15-18-7-5-13(21-15)12-9-19-22(3)14(12)16-2/h4-9,16H,1-3H3,(H,17,18,20,21). The molecule has 2 N–H and O–H groups in total. The molecule has 3 aromatic rings. The van der Waals surface area contributed by atoms with Crippen molar-refractivity contribution in [1.82, 2.24) is 24.7 Å². The second-order valence-electron chi connectivity index (χ2n) is 4.86. The molecule has 3 aromatic heterocycles. The van der Waals surface area contributed by atoms with Crippen LogP contribution in [-0.4, -0.2) is 31.8 Å². The molecule has 7 nitrogen and oxygen atoms in total. The summed E-state index contributed by atoms with van der Waals surface area (Å²) in [4.78, 5) is 13.0. The maximum absolute atomic E-state index is 4.55. The van der Waals surface area contributed by atoms with Gasteiger partial charge in [-0.05, 0) is 25.1 Å². The highest BCUT2D eigenvalue weighted by Crippen LogP contribution is 2.26. The molecule has 0 fully saturated rings. The van der Waals surface area contributed by atoms with Crippen molar-refractivity contribution >= 4 is 17.5 Å².